The minimum atomic E-state index is -5.04. The van der Waals surface area contributed by atoms with Crippen molar-refractivity contribution in [1.82, 2.24) is 4.98 Å². The van der Waals surface area contributed by atoms with Crippen molar-refractivity contribution in [2.24, 2.45) is 0 Å². The Morgan fingerprint density at radius 2 is 1.69 bits per heavy atom. The number of rotatable bonds is 6. The third kappa shape index (κ3) is 5.67. The number of hydrogen-bond acceptors (Lipinski definition) is 4. The van der Waals surface area contributed by atoms with Gasteiger partial charge in [0, 0.05) is 28.7 Å². The molecule has 2 N–H and O–H groups in total. The van der Waals surface area contributed by atoms with Crippen LogP contribution in [0.4, 0.5) is 37.2 Å². The monoisotopic (exact) mass is 471 g/mol. The SMILES string of the molecule is C=CCNc1nc(-c2cccc(NC(=O)c3cc(C(F)(F)F)cc(C(F)(F)F)c3)c2)cs1. The van der Waals surface area contributed by atoms with Crippen LogP contribution in [0.3, 0.4) is 0 Å². The van der Waals surface area contributed by atoms with Crippen LogP contribution in [0, 0.1) is 0 Å². The van der Waals surface area contributed by atoms with Gasteiger partial charge in [0.25, 0.3) is 5.91 Å². The van der Waals surface area contributed by atoms with Crippen molar-refractivity contribution >= 4 is 28.1 Å². The molecule has 0 saturated carbocycles. The van der Waals surface area contributed by atoms with Gasteiger partial charge in [0.2, 0.25) is 0 Å². The summed E-state index contributed by atoms with van der Waals surface area (Å²) in [4.78, 5) is 16.8. The Morgan fingerprint density at radius 1 is 1.03 bits per heavy atom. The fourth-order valence-electron chi connectivity index (χ4n) is 2.69. The highest BCUT2D eigenvalue weighted by atomic mass is 32.1. The molecule has 0 saturated heterocycles. The van der Waals surface area contributed by atoms with Crippen molar-refractivity contribution in [3.05, 3.63) is 77.2 Å². The fourth-order valence-corrected chi connectivity index (χ4v) is 3.42. The number of carbonyl (C=O) groups excluding carboxylic acids is 1. The first-order chi connectivity index (χ1) is 15.0. The van der Waals surface area contributed by atoms with E-state index in [1.54, 1.807) is 23.6 Å². The second-order valence-corrected chi connectivity index (χ2v) is 7.40. The Bertz CT molecular complexity index is 1100. The molecule has 0 aliphatic carbocycles. The highest BCUT2D eigenvalue weighted by molar-refractivity contribution is 7.14. The predicted octanol–water partition coefficient (Wildman–Crippen LogP) is 6.70. The Kier molecular flexibility index (Phi) is 6.58. The molecule has 0 unspecified atom stereocenters. The first kappa shape index (κ1) is 23.3. The lowest BCUT2D eigenvalue weighted by Crippen LogP contribution is -2.17. The zero-order valence-corrected chi connectivity index (χ0v) is 17.0. The number of nitrogens with zero attached hydrogens (tertiary/aromatic N) is 1. The molecule has 0 fully saturated rings. The number of amides is 1. The van der Waals surface area contributed by atoms with Gasteiger partial charge in [-0.15, -0.1) is 17.9 Å². The van der Waals surface area contributed by atoms with Crippen LogP contribution in [-0.2, 0) is 12.4 Å². The van der Waals surface area contributed by atoms with Crippen molar-refractivity contribution in [3.63, 3.8) is 0 Å². The fraction of sp³-hybridized carbons (Fsp3) is 0.143. The summed E-state index contributed by atoms with van der Waals surface area (Å²) in [5.41, 5.74) is -2.52. The first-order valence-electron chi connectivity index (χ1n) is 8.99. The lowest BCUT2D eigenvalue weighted by molar-refractivity contribution is -0.143. The van der Waals surface area contributed by atoms with Crippen molar-refractivity contribution in [1.29, 1.82) is 0 Å². The zero-order valence-electron chi connectivity index (χ0n) is 16.1. The lowest BCUT2D eigenvalue weighted by atomic mass is 10.0. The van der Waals surface area contributed by atoms with Gasteiger partial charge in [0.15, 0.2) is 5.13 Å². The number of aromatic nitrogens is 1. The molecule has 11 heteroatoms. The minimum Gasteiger partial charge on any atom is -0.358 e. The summed E-state index contributed by atoms with van der Waals surface area (Å²) >= 11 is 1.34. The number of nitrogens with one attached hydrogen (secondary N) is 2. The van der Waals surface area contributed by atoms with E-state index < -0.39 is 35.0 Å². The van der Waals surface area contributed by atoms with Gasteiger partial charge in [-0.25, -0.2) is 4.98 Å². The molecule has 0 bridgehead atoms. The number of halogens is 6. The van der Waals surface area contributed by atoms with Crippen LogP contribution in [0.25, 0.3) is 11.3 Å². The summed E-state index contributed by atoms with van der Waals surface area (Å²) in [7, 11) is 0. The summed E-state index contributed by atoms with van der Waals surface area (Å²) in [6.07, 6.45) is -8.43. The van der Waals surface area contributed by atoms with E-state index >= 15 is 0 Å². The van der Waals surface area contributed by atoms with Crippen molar-refractivity contribution in [2.75, 3.05) is 17.2 Å². The van der Waals surface area contributed by atoms with Gasteiger partial charge in [-0.2, -0.15) is 26.3 Å². The Balaban J connectivity index is 1.87. The average molecular weight is 471 g/mol. The molecule has 168 valence electrons. The van der Waals surface area contributed by atoms with Crippen molar-refractivity contribution in [3.8, 4) is 11.3 Å². The van der Waals surface area contributed by atoms with Crippen LogP contribution in [0.5, 0.6) is 0 Å². The average Bonchev–Trinajstić information content (AvgIpc) is 3.20. The normalized spacial score (nSPS) is 11.8. The number of thiazole rings is 1. The third-order valence-electron chi connectivity index (χ3n) is 4.17. The Hall–Kier alpha value is -3.34. The second kappa shape index (κ2) is 9.03. The van der Waals surface area contributed by atoms with Crippen LogP contribution in [0.15, 0.2) is 60.5 Å². The molecule has 3 rings (SSSR count). The molecule has 1 heterocycles. The van der Waals surface area contributed by atoms with Gasteiger partial charge >= 0.3 is 12.4 Å². The molecule has 2 aromatic carbocycles. The smallest absolute Gasteiger partial charge is 0.358 e. The van der Waals surface area contributed by atoms with E-state index in [1.165, 1.54) is 23.5 Å². The van der Waals surface area contributed by atoms with Crippen molar-refractivity contribution < 1.29 is 31.1 Å². The van der Waals surface area contributed by atoms with Gasteiger partial charge < -0.3 is 10.6 Å². The van der Waals surface area contributed by atoms with Crippen molar-refractivity contribution in [2.45, 2.75) is 12.4 Å². The number of anilines is 2. The maximum absolute atomic E-state index is 13.0. The van der Waals surface area contributed by atoms with E-state index in [1.807, 2.05) is 0 Å². The number of carbonyl (C=O) groups is 1. The molecule has 0 spiro atoms. The minimum absolute atomic E-state index is 0.0301. The largest absolute Gasteiger partial charge is 0.416 e. The summed E-state index contributed by atoms with van der Waals surface area (Å²) < 4.78 is 78.2. The van der Waals surface area contributed by atoms with Crippen LogP contribution in [0.1, 0.15) is 21.5 Å². The molecule has 4 nitrogen and oxygen atoms in total. The second-order valence-electron chi connectivity index (χ2n) is 6.54. The van der Waals surface area contributed by atoms with Gasteiger partial charge in [-0.05, 0) is 30.3 Å². The molecule has 32 heavy (non-hydrogen) atoms. The van der Waals surface area contributed by atoms with E-state index in [9.17, 15) is 31.1 Å². The number of hydrogen-bond donors (Lipinski definition) is 2. The van der Waals surface area contributed by atoms with Crippen LogP contribution in [0.2, 0.25) is 0 Å². The summed E-state index contributed by atoms with van der Waals surface area (Å²) in [5.74, 6) is -1.11. The standard InChI is InChI=1S/C21H15F6N3OS/c1-2-6-28-19-30-17(11-32-19)12-4-3-5-16(9-12)29-18(31)13-7-14(20(22,23)24)10-15(8-13)21(25,26)27/h2-5,7-11H,1,6H2,(H,28,30)(H,29,31). The number of alkyl halides is 6. The quantitative estimate of drug-likeness (QED) is 0.311. The van der Waals surface area contributed by atoms with Gasteiger partial charge in [-0.1, -0.05) is 18.2 Å². The molecule has 0 radical (unpaired) electrons. The summed E-state index contributed by atoms with van der Waals surface area (Å²) in [6.45, 7) is 4.11. The third-order valence-corrected chi connectivity index (χ3v) is 4.97. The van der Waals surface area contributed by atoms with E-state index in [-0.39, 0.29) is 11.8 Å². The molecule has 0 aliphatic heterocycles. The van der Waals surface area contributed by atoms with E-state index in [0.717, 1.165) is 0 Å². The highest BCUT2D eigenvalue weighted by Gasteiger charge is 2.37. The molecule has 0 atom stereocenters. The van der Waals surface area contributed by atoms with Gasteiger partial charge in [0.1, 0.15) is 0 Å². The van der Waals surface area contributed by atoms with Crippen LogP contribution >= 0.6 is 11.3 Å². The topological polar surface area (TPSA) is 54.0 Å². The number of benzene rings is 2. The Labute approximate surface area is 182 Å². The predicted molar refractivity (Wildman–Crippen MR) is 111 cm³/mol. The van der Waals surface area contributed by atoms with Gasteiger partial charge in [-0.3, -0.25) is 4.79 Å². The maximum Gasteiger partial charge on any atom is 0.416 e. The Morgan fingerprint density at radius 3 is 2.28 bits per heavy atom. The van der Waals surface area contributed by atoms with Gasteiger partial charge in [0.05, 0.1) is 16.8 Å². The lowest BCUT2D eigenvalue weighted by Gasteiger charge is -2.14. The molecule has 1 amide bonds. The summed E-state index contributed by atoms with van der Waals surface area (Å²) in [5, 5.41) is 7.76. The molecule has 1 aromatic heterocycles. The first-order valence-corrected chi connectivity index (χ1v) is 9.87. The summed E-state index contributed by atoms with van der Waals surface area (Å²) in [6, 6.07) is 6.99. The van der Waals surface area contributed by atoms with E-state index in [4.69, 9.17) is 0 Å². The highest BCUT2D eigenvalue weighted by Crippen LogP contribution is 2.36. The molecule has 0 aliphatic rings. The van der Waals surface area contributed by atoms with Crippen LogP contribution < -0.4 is 10.6 Å². The van der Waals surface area contributed by atoms with E-state index in [0.29, 0.717) is 35.1 Å². The van der Waals surface area contributed by atoms with Crippen LogP contribution in [-0.4, -0.2) is 17.4 Å². The maximum atomic E-state index is 13.0. The molecular formula is C21H15F6N3OS. The van der Waals surface area contributed by atoms with E-state index in [2.05, 4.69) is 22.2 Å². The zero-order chi connectivity index (χ0) is 23.5. The molecular weight excluding hydrogens is 456 g/mol. The molecule has 3 aromatic rings.